The predicted octanol–water partition coefficient (Wildman–Crippen LogP) is 4.20. The van der Waals surface area contributed by atoms with Gasteiger partial charge in [-0.25, -0.2) is 4.98 Å². The minimum atomic E-state index is -0.246. The fraction of sp³-hybridized carbons (Fsp3) is 0.393. The first-order valence-corrected chi connectivity index (χ1v) is 12.9. The lowest BCUT2D eigenvalue weighted by atomic mass is 10.0. The summed E-state index contributed by atoms with van der Waals surface area (Å²) >= 11 is 6.32. The number of amides is 2. The highest BCUT2D eigenvalue weighted by atomic mass is 35.5. The number of ether oxygens (including phenoxy) is 1. The number of aryl methyl sites for hydroxylation is 1. The molecule has 1 unspecified atom stereocenters. The van der Waals surface area contributed by atoms with Crippen LogP contribution in [0.15, 0.2) is 48.7 Å². The van der Waals surface area contributed by atoms with Gasteiger partial charge in [0, 0.05) is 43.9 Å². The van der Waals surface area contributed by atoms with Gasteiger partial charge >= 0.3 is 0 Å². The molecule has 4 rings (SSSR count). The fourth-order valence-electron chi connectivity index (χ4n) is 4.24. The first kappa shape index (κ1) is 26.7. The van der Waals surface area contributed by atoms with Crippen molar-refractivity contribution in [1.82, 2.24) is 20.2 Å². The molecule has 1 fully saturated rings. The molecule has 9 heteroatoms. The number of rotatable bonds is 11. The van der Waals surface area contributed by atoms with E-state index in [1.807, 2.05) is 49.0 Å². The van der Waals surface area contributed by atoms with Gasteiger partial charge < -0.3 is 25.0 Å². The molecular formula is C28H33ClN4O4. The van der Waals surface area contributed by atoms with Crippen LogP contribution >= 0.6 is 11.6 Å². The van der Waals surface area contributed by atoms with Gasteiger partial charge in [-0.15, -0.1) is 0 Å². The molecule has 37 heavy (non-hydrogen) atoms. The van der Waals surface area contributed by atoms with E-state index in [0.717, 1.165) is 35.5 Å². The van der Waals surface area contributed by atoms with Gasteiger partial charge in [0.15, 0.2) is 0 Å². The van der Waals surface area contributed by atoms with Crippen molar-refractivity contribution in [2.24, 2.45) is 7.05 Å². The van der Waals surface area contributed by atoms with Crippen molar-refractivity contribution >= 4 is 23.4 Å². The molecule has 1 aromatic heterocycles. The minimum Gasteiger partial charge on any atom is -0.489 e. The second-order valence-corrected chi connectivity index (χ2v) is 9.97. The maximum Gasteiger partial charge on any atom is 0.251 e. The van der Waals surface area contributed by atoms with Crippen LogP contribution in [0.1, 0.15) is 60.9 Å². The van der Waals surface area contributed by atoms with Crippen LogP contribution in [0.3, 0.4) is 0 Å². The van der Waals surface area contributed by atoms with E-state index in [0.29, 0.717) is 29.2 Å². The quantitative estimate of drug-likeness (QED) is 0.348. The highest BCUT2D eigenvalue weighted by molar-refractivity contribution is 6.32. The molecule has 8 nitrogen and oxygen atoms in total. The van der Waals surface area contributed by atoms with Crippen LogP contribution in [-0.4, -0.2) is 45.2 Å². The van der Waals surface area contributed by atoms with Gasteiger partial charge in [0.05, 0.1) is 22.9 Å². The van der Waals surface area contributed by atoms with Crippen molar-refractivity contribution in [2.45, 2.75) is 57.7 Å². The normalized spacial score (nSPS) is 14.6. The van der Waals surface area contributed by atoms with Crippen molar-refractivity contribution in [1.29, 1.82) is 0 Å². The van der Waals surface area contributed by atoms with Gasteiger partial charge in [-0.3, -0.25) is 9.59 Å². The zero-order chi connectivity index (χ0) is 26.5. The van der Waals surface area contributed by atoms with Crippen LogP contribution < -0.4 is 15.4 Å². The molecule has 3 aromatic rings. The molecule has 1 saturated carbocycles. The summed E-state index contributed by atoms with van der Waals surface area (Å²) in [4.78, 5) is 29.0. The van der Waals surface area contributed by atoms with Gasteiger partial charge in [0.25, 0.3) is 5.91 Å². The molecule has 1 aliphatic carbocycles. The first-order chi connectivity index (χ1) is 17.7. The Bertz CT molecular complexity index is 1250. The van der Waals surface area contributed by atoms with E-state index in [2.05, 4.69) is 10.6 Å². The predicted molar refractivity (Wildman–Crippen MR) is 143 cm³/mol. The number of imidazole rings is 1. The number of carbonyl (C=O) groups excluding carboxylic acids is 2. The van der Waals surface area contributed by atoms with Gasteiger partial charge in [-0.05, 0) is 56.4 Å². The van der Waals surface area contributed by atoms with E-state index < -0.39 is 0 Å². The van der Waals surface area contributed by atoms with Crippen LogP contribution in [0, 0.1) is 0 Å². The number of aromatic nitrogens is 2. The largest absolute Gasteiger partial charge is 0.489 e. The van der Waals surface area contributed by atoms with Crippen molar-refractivity contribution in [2.75, 3.05) is 6.61 Å². The van der Waals surface area contributed by atoms with Crippen molar-refractivity contribution < 1.29 is 19.4 Å². The number of nitrogens with zero attached hydrogens (tertiary/aromatic N) is 2. The Morgan fingerprint density at radius 3 is 2.54 bits per heavy atom. The fourth-order valence-corrected chi connectivity index (χ4v) is 4.47. The molecule has 2 atom stereocenters. The molecule has 196 valence electrons. The Hall–Kier alpha value is -3.36. The number of aliphatic hydroxyl groups excluding tert-OH is 1. The SMILES string of the molecule is CC(=O)NC(C)c1nc(-c2ccc(C[C@@H](CCO)NC(=O)c3ccc(OC4CC4)c(Cl)c3)cc2)cn1C. The monoisotopic (exact) mass is 524 g/mol. The van der Waals surface area contributed by atoms with E-state index in [-0.39, 0.29) is 36.6 Å². The van der Waals surface area contributed by atoms with Crippen LogP contribution in [0.2, 0.25) is 5.02 Å². The van der Waals surface area contributed by atoms with E-state index in [1.165, 1.54) is 6.92 Å². The molecule has 1 aliphatic rings. The van der Waals surface area contributed by atoms with E-state index >= 15 is 0 Å². The molecule has 0 saturated heterocycles. The number of hydrogen-bond donors (Lipinski definition) is 3. The first-order valence-electron chi connectivity index (χ1n) is 12.5. The number of carbonyl (C=O) groups is 2. The molecule has 1 heterocycles. The summed E-state index contributed by atoms with van der Waals surface area (Å²) in [5, 5.41) is 15.9. The van der Waals surface area contributed by atoms with Gasteiger partial charge in [-0.1, -0.05) is 35.9 Å². The minimum absolute atomic E-state index is 0.0405. The van der Waals surface area contributed by atoms with Crippen molar-refractivity contribution in [3.05, 3.63) is 70.6 Å². The zero-order valence-corrected chi connectivity index (χ0v) is 22.1. The Morgan fingerprint density at radius 1 is 1.19 bits per heavy atom. The summed E-state index contributed by atoms with van der Waals surface area (Å²) in [6, 6.07) is 12.6. The number of halogens is 1. The van der Waals surface area contributed by atoms with Gasteiger partial charge in [-0.2, -0.15) is 0 Å². The average Bonchev–Trinajstić information content (AvgIpc) is 3.58. The molecule has 0 radical (unpaired) electrons. The van der Waals surface area contributed by atoms with Crippen molar-refractivity contribution in [3.63, 3.8) is 0 Å². The second kappa shape index (κ2) is 11.8. The molecule has 2 aromatic carbocycles. The third-order valence-corrected chi connectivity index (χ3v) is 6.57. The number of benzene rings is 2. The Morgan fingerprint density at radius 2 is 1.92 bits per heavy atom. The third-order valence-electron chi connectivity index (χ3n) is 6.28. The Balaban J connectivity index is 1.40. The van der Waals surface area contributed by atoms with Crippen LogP contribution in [-0.2, 0) is 18.3 Å². The highest BCUT2D eigenvalue weighted by Crippen LogP contribution is 2.32. The summed E-state index contributed by atoms with van der Waals surface area (Å²) in [5.41, 5.74) is 3.24. The highest BCUT2D eigenvalue weighted by Gasteiger charge is 2.25. The second-order valence-electron chi connectivity index (χ2n) is 9.56. The topological polar surface area (TPSA) is 105 Å². The van der Waals surface area contributed by atoms with Crippen LogP contribution in [0.5, 0.6) is 5.75 Å². The maximum atomic E-state index is 12.9. The molecule has 0 bridgehead atoms. The summed E-state index contributed by atoms with van der Waals surface area (Å²) in [6.07, 6.45) is 5.21. The van der Waals surface area contributed by atoms with E-state index in [4.69, 9.17) is 21.3 Å². The third kappa shape index (κ3) is 7.11. The number of hydrogen-bond acceptors (Lipinski definition) is 5. The van der Waals surface area contributed by atoms with E-state index in [1.54, 1.807) is 18.2 Å². The van der Waals surface area contributed by atoms with Crippen LogP contribution in [0.25, 0.3) is 11.3 Å². The Labute approximate surface area is 222 Å². The number of aliphatic hydroxyl groups is 1. The van der Waals surface area contributed by atoms with E-state index in [9.17, 15) is 14.7 Å². The molecule has 0 aliphatic heterocycles. The van der Waals surface area contributed by atoms with Gasteiger partial charge in [0.1, 0.15) is 11.6 Å². The molecule has 3 N–H and O–H groups in total. The standard InChI is InChI=1S/C28H33ClN4O4/c1-17(30-18(2)35)27-32-25(16-33(27)3)20-6-4-19(5-7-20)14-22(12-13-34)31-28(36)21-8-11-26(24(29)15-21)37-23-9-10-23/h4-8,11,15-17,22-23,34H,9-10,12-14H2,1-3H3,(H,30,35)(H,31,36)/t17?,22-/m1/s1. The van der Waals surface area contributed by atoms with Gasteiger partial charge in [0.2, 0.25) is 5.91 Å². The lowest BCUT2D eigenvalue weighted by Gasteiger charge is -2.18. The molecular weight excluding hydrogens is 492 g/mol. The number of nitrogens with one attached hydrogen (secondary N) is 2. The molecule has 2 amide bonds. The summed E-state index contributed by atoms with van der Waals surface area (Å²) < 4.78 is 7.66. The summed E-state index contributed by atoms with van der Waals surface area (Å²) in [6.45, 7) is 3.35. The maximum absolute atomic E-state index is 12.9. The smallest absolute Gasteiger partial charge is 0.251 e. The lowest BCUT2D eigenvalue weighted by molar-refractivity contribution is -0.119. The Kier molecular flexibility index (Phi) is 8.51. The lowest BCUT2D eigenvalue weighted by Crippen LogP contribution is -2.37. The average molecular weight is 525 g/mol. The zero-order valence-electron chi connectivity index (χ0n) is 21.3. The van der Waals surface area contributed by atoms with Crippen LogP contribution in [0.4, 0.5) is 0 Å². The molecule has 0 spiro atoms. The van der Waals surface area contributed by atoms with Crippen molar-refractivity contribution in [3.8, 4) is 17.0 Å². The summed E-state index contributed by atoms with van der Waals surface area (Å²) in [7, 11) is 1.90. The summed E-state index contributed by atoms with van der Waals surface area (Å²) in [5.74, 6) is 1.02.